The van der Waals surface area contributed by atoms with Crippen molar-refractivity contribution in [2.75, 3.05) is 13.6 Å². The molecule has 1 heterocycles. The Morgan fingerprint density at radius 3 is 2.69 bits per heavy atom. The minimum Gasteiger partial charge on any atom is -0.329 e. The Bertz CT molecular complexity index is 440. The monoisotopic (exact) mass is 246 g/mol. The van der Waals surface area contributed by atoms with Crippen molar-refractivity contribution < 1.29 is 8.42 Å². The molecule has 0 aromatic carbocycles. The molecule has 0 saturated carbocycles. The number of nitrogens with two attached hydrogens (primary N) is 1. The number of aryl methyl sites for hydroxylation is 1. The lowest BCUT2D eigenvalue weighted by atomic mass is 10.4. The van der Waals surface area contributed by atoms with Crippen LogP contribution in [-0.2, 0) is 23.6 Å². The van der Waals surface area contributed by atoms with E-state index < -0.39 is 15.3 Å². The van der Waals surface area contributed by atoms with Crippen LogP contribution in [0.15, 0.2) is 12.4 Å². The molecule has 0 aliphatic carbocycles. The Labute approximate surface area is 96.1 Å². The molecule has 0 fully saturated rings. The van der Waals surface area contributed by atoms with E-state index in [4.69, 9.17) is 5.73 Å². The van der Waals surface area contributed by atoms with Crippen LogP contribution >= 0.6 is 0 Å². The van der Waals surface area contributed by atoms with E-state index in [-0.39, 0.29) is 6.54 Å². The lowest BCUT2D eigenvalue weighted by Gasteiger charge is -2.20. The van der Waals surface area contributed by atoms with Crippen LogP contribution in [0.25, 0.3) is 0 Å². The lowest BCUT2D eigenvalue weighted by molar-refractivity contribution is 0.457. The molecule has 0 aliphatic heterocycles. The van der Waals surface area contributed by atoms with Gasteiger partial charge in [0.2, 0.25) is 10.0 Å². The second-order valence-corrected chi connectivity index (χ2v) is 6.33. The van der Waals surface area contributed by atoms with Crippen molar-refractivity contribution in [3.63, 3.8) is 0 Å². The standard InChI is InChI=1S/C9H18N4O2S/c1-8(4-10)16(14,15)13(3)7-9-5-11-12(2)6-9/h5-6,8H,4,7,10H2,1-3H3. The SMILES string of the molecule is CC(CN)S(=O)(=O)N(C)Cc1cnn(C)c1. The minimum absolute atomic E-state index is 0.125. The normalized spacial score (nSPS) is 14.3. The summed E-state index contributed by atoms with van der Waals surface area (Å²) >= 11 is 0. The maximum atomic E-state index is 11.9. The first-order chi connectivity index (χ1) is 7.37. The van der Waals surface area contributed by atoms with Crippen LogP contribution in [0.1, 0.15) is 12.5 Å². The Morgan fingerprint density at radius 2 is 2.25 bits per heavy atom. The van der Waals surface area contributed by atoms with Gasteiger partial charge in [0.1, 0.15) is 0 Å². The molecule has 0 spiro atoms. The summed E-state index contributed by atoms with van der Waals surface area (Å²) in [6, 6.07) is 0. The van der Waals surface area contributed by atoms with Crippen molar-refractivity contribution in [1.82, 2.24) is 14.1 Å². The average molecular weight is 246 g/mol. The molecule has 0 bridgehead atoms. The van der Waals surface area contributed by atoms with Crippen molar-refractivity contribution in [3.8, 4) is 0 Å². The van der Waals surface area contributed by atoms with E-state index in [0.29, 0.717) is 6.54 Å². The molecule has 7 heteroatoms. The molecule has 1 rings (SSSR count). The molecule has 16 heavy (non-hydrogen) atoms. The van der Waals surface area contributed by atoms with Crippen molar-refractivity contribution in [1.29, 1.82) is 0 Å². The number of hydrogen-bond donors (Lipinski definition) is 1. The van der Waals surface area contributed by atoms with E-state index in [1.807, 2.05) is 0 Å². The fourth-order valence-electron chi connectivity index (χ4n) is 1.33. The maximum absolute atomic E-state index is 11.9. The molecular weight excluding hydrogens is 228 g/mol. The zero-order chi connectivity index (χ0) is 12.3. The molecule has 2 N–H and O–H groups in total. The molecule has 0 radical (unpaired) electrons. The van der Waals surface area contributed by atoms with Crippen molar-refractivity contribution >= 4 is 10.0 Å². The Morgan fingerprint density at radius 1 is 1.62 bits per heavy atom. The van der Waals surface area contributed by atoms with Crippen LogP contribution < -0.4 is 5.73 Å². The van der Waals surface area contributed by atoms with E-state index in [1.54, 1.807) is 38.1 Å². The third kappa shape index (κ3) is 2.81. The Hall–Kier alpha value is -0.920. The Balaban J connectivity index is 2.76. The molecule has 1 atom stereocenters. The molecule has 1 aromatic rings. The summed E-state index contributed by atoms with van der Waals surface area (Å²) in [6.45, 7) is 2.05. The number of hydrogen-bond acceptors (Lipinski definition) is 4. The lowest BCUT2D eigenvalue weighted by Crippen LogP contribution is -2.38. The third-order valence-electron chi connectivity index (χ3n) is 2.44. The summed E-state index contributed by atoms with van der Waals surface area (Å²) < 4.78 is 26.7. The largest absolute Gasteiger partial charge is 0.329 e. The van der Waals surface area contributed by atoms with Crippen molar-refractivity contribution in [2.45, 2.75) is 18.7 Å². The molecular formula is C9H18N4O2S. The van der Waals surface area contributed by atoms with E-state index in [2.05, 4.69) is 5.10 Å². The summed E-state index contributed by atoms with van der Waals surface area (Å²) in [5, 5.41) is 3.43. The minimum atomic E-state index is -3.31. The summed E-state index contributed by atoms with van der Waals surface area (Å²) in [4.78, 5) is 0. The highest BCUT2D eigenvalue weighted by Gasteiger charge is 2.24. The fourth-order valence-corrected chi connectivity index (χ4v) is 2.52. The van der Waals surface area contributed by atoms with Gasteiger partial charge in [-0.1, -0.05) is 0 Å². The van der Waals surface area contributed by atoms with Gasteiger partial charge in [0.15, 0.2) is 0 Å². The van der Waals surface area contributed by atoms with E-state index >= 15 is 0 Å². The molecule has 92 valence electrons. The summed E-state index contributed by atoms with van der Waals surface area (Å²) in [5.41, 5.74) is 6.23. The summed E-state index contributed by atoms with van der Waals surface area (Å²) in [5.74, 6) is 0. The van der Waals surface area contributed by atoms with Gasteiger partial charge in [0.05, 0.1) is 11.4 Å². The first-order valence-corrected chi connectivity index (χ1v) is 6.51. The van der Waals surface area contributed by atoms with Gasteiger partial charge in [-0.3, -0.25) is 4.68 Å². The molecule has 0 saturated heterocycles. The van der Waals surface area contributed by atoms with E-state index in [9.17, 15) is 8.42 Å². The molecule has 1 aromatic heterocycles. The van der Waals surface area contributed by atoms with Gasteiger partial charge < -0.3 is 5.73 Å². The van der Waals surface area contributed by atoms with E-state index in [0.717, 1.165) is 5.56 Å². The van der Waals surface area contributed by atoms with Crippen LogP contribution in [0.2, 0.25) is 0 Å². The van der Waals surface area contributed by atoms with Crippen LogP contribution in [-0.4, -0.2) is 41.3 Å². The van der Waals surface area contributed by atoms with Gasteiger partial charge in [-0.05, 0) is 6.92 Å². The molecule has 1 unspecified atom stereocenters. The highest BCUT2D eigenvalue weighted by molar-refractivity contribution is 7.89. The zero-order valence-corrected chi connectivity index (χ0v) is 10.6. The Kier molecular flexibility index (Phi) is 4.06. The quantitative estimate of drug-likeness (QED) is 0.761. The molecule has 6 nitrogen and oxygen atoms in total. The first kappa shape index (κ1) is 13.1. The smallest absolute Gasteiger partial charge is 0.218 e. The summed E-state index contributed by atoms with van der Waals surface area (Å²) in [6.07, 6.45) is 3.44. The number of aromatic nitrogens is 2. The topological polar surface area (TPSA) is 81.2 Å². The number of sulfonamides is 1. The second kappa shape index (κ2) is 4.94. The van der Waals surface area contributed by atoms with Gasteiger partial charge in [0, 0.05) is 38.9 Å². The van der Waals surface area contributed by atoms with E-state index in [1.165, 1.54) is 4.31 Å². The molecule has 0 aliphatic rings. The highest BCUT2D eigenvalue weighted by Crippen LogP contribution is 2.10. The predicted octanol–water partition coefficient (Wildman–Crippen LogP) is -0.471. The van der Waals surface area contributed by atoms with Gasteiger partial charge in [-0.15, -0.1) is 0 Å². The van der Waals surface area contributed by atoms with Crippen LogP contribution in [0, 0.1) is 0 Å². The van der Waals surface area contributed by atoms with Gasteiger partial charge in [-0.2, -0.15) is 5.10 Å². The predicted molar refractivity (Wildman–Crippen MR) is 62.1 cm³/mol. The van der Waals surface area contributed by atoms with Crippen LogP contribution in [0.5, 0.6) is 0 Å². The number of rotatable bonds is 5. The van der Waals surface area contributed by atoms with Crippen LogP contribution in [0.4, 0.5) is 0 Å². The van der Waals surface area contributed by atoms with Crippen molar-refractivity contribution in [2.24, 2.45) is 12.8 Å². The maximum Gasteiger partial charge on any atom is 0.218 e. The average Bonchev–Trinajstić information content (AvgIpc) is 2.62. The summed E-state index contributed by atoms with van der Waals surface area (Å²) in [7, 11) is 0.0356. The first-order valence-electron chi connectivity index (χ1n) is 5.00. The fraction of sp³-hybridized carbons (Fsp3) is 0.667. The van der Waals surface area contributed by atoms with Gasteiger partial charge in [-0.25, -0.2) is 12.7 Å². The highest BCUT2D eigenvalue weighted by atomic mass is 32.2. The van der Waals surface area contributed by atoms with Crippen LogP contribution in [0.3, 0.4) is 0 Å². The molecule has 0 amide bonds. The van der Waals surface area contributed by atoms with Gasteiger partial charge in [0.25, 0.3) is 0 Å². The number of nitrogens with zero attached hydrogens (tertiary/aromatic N) is 3. The second-order valence-electron chi connectivity index (χ2n) is 3.87. The van der Waals surface area contributed by atoms with Crippen molar-refractivity contribution in [3.05, 3.63) is 18.0 Å². The zero-order valence-electron chi connectivity index (χ0n) is 9.79. The third-order valence-corrected chi connectivity index (χ3v) is 4.65. The van der Waals surface area contributed by atoms with Gasteiger partial charge >= 0.3 is 0 Å².